The van der Waals surface area contributed by atoms with E-state index >= 15 is 0 Å². The summed E-state index contributed by atoms with van der Waals surface area (Å²) in [4.78, 5) is 57.9. The van der Waals surface area contributed by atoms with Gasteiger partial charge in [0.05, 0.1) is 29.5 Å². The van der Waals surface area contributed by atoms with Crippen LogP contribution < -0.4 is 10.2 Å². The Morgan fingerprint density at radius 2 is 1.10 bits per heavy atom. The number of unbranched alkanes of at least 4 members (excludes halogenated alkanes) is 1. The van der Waals surface area contributed by atoms with Gasteiger partial charge in [-0.1, -0.05) is 37.6 Å². The highest BCUT2D eigenvalue weighted by atomic mass is 32.2. The Hall–Kier alpha value is -5.23. The summed E-state index contributed by atoms with van der Waals surface area (Å²) < 4.78 is 31.3. The Kier molecular flexibility index (Phi) is 8.09. The zero-order valence-corrected chi connectivity index (χ0v) is 29.1. The Balaban J connectivity index is 1.20. The van der Waals surface area contributed by atoms with Crippen molar-refractivity contribution in [2.24, 2.45) is 0 Å². The quantitative estimate of drug-likeness (QED) is 0.0678. The first-order valence-corrected chi connectivity index (χ1v) is 18.9. The molecule has 4 amide bonds. The zero-order valence-electron chi connectivity index (χ0n) is 28.2. The first kappa shape index (κ1) is 32.9. The molecule has 2 heterocycles. The van der Waals surface area contributed by atoms with Gasteiger partial charge in [-0.25, -0.2) is 13.3 Å². The van der Waals surface area contributed by atoms with Crippen molar-refractivity contribution >= 4 is 82.2 Å². The molecule has 0 aromatic heterocycles. The Morgan fingerprint density at radius 3 is 1.57 bits per heavy atom. The Labute approximate surface area is 294 Å². The standard InChI is InChI=1S/C40H35N3O7S/c1-3-5-18-41-19-22-51(48,49)24-8-6-23(7-9-24)43-39(46)31-16-12-27-25-10-14-29-35-30(38(45)42(37(29)44)20-21-50-4-2)15-11-26(33(25)35)28-13-17-32(40(43)47)36(31)34(27)28/h6-17,41H,3-5,18-22H2,1-2H3. The first-order chi connectivity index (χ1) is 24.7. The maximum atomic E-state index is 14.1. The van der Waals surface area contributed by atoms with E-state index < -0.39 is 21.7 Å². The smallest absolute Gasteiger partial charge is 0.265 e. The number of benzene rings is 6. The molecule has 0 unspecified atom stereocenters. The van der Waals surface area contributed by atoms with Crippen LogP contribution in [0.4, 0.5) is 5.69 Å². The third-order valence-corrected chi connectivity index (χ3v) is 11.8. The lowest BCUT2D eigenvalue weighted by atomic mass is 9.82. The molecule has 0 radical (unpaired) electrons. The van der Waals surface area contributed by atoms with Crippen molar-refractivity contribution in [2.45, 2.75) is 31.6 Å². The number of nitrogens with one attached hydrogen (secondary N) is 1. The summed E-state index contributed by atoms with van der Waals surface area (Å²) in [5.41, 5.74) is 1.87. The molecule has 51 heavy (non-hydrogen) atoms. The highest BCUT2D eigenvalue weighted by Gasteiger charge is 2.37. The molecule has 2 aliphatic heterocycles. The van der Waals surface area contributed by atoms with Crippen molar-refractivity contribution in [2.75, 3.05) is 43.5 Å². The number of rotatable bonds is 12. The summed E-state index contributed by atoms with van der Waals surface area (Å²) in [5, 5.41) is 9.05. The van der Waals surface area contributed by atoms with Gasteiger partial charge in [0.1, 0.15) is 0 Å². The predicted octanol–water partition coefficient (Wildman–Crippen LogP) is 6.33. The summed E-state index contributed by atoms with van der Waals surface area (Å²) in [6.45, 7) is 5.91. The van der Waals surface area contributed by atoms with Crippen molar-refractivity contribution in [3.05, 3.63) is 95.1 Å². The van der Waals surface area contributed by atoms with Crippen molar-refractivity contribution in [1.82, 2.24) is 10.2 Å². The number of amides is 4. The number of fused-ring (bicyclic) bond motifs is 2. The monoisotopic (exact) mass is 701 g/mol. The van der Waals surface area contributed by atoms with Crippen LogP contribution >= 0.6 is 0 Å². The van der Waals surface area contributed by atoms with Gasteiger partial charge in [0.25, 0.3) is 23.6 Å². The fourth-order valence-corrected chi connectivity index (χ4v) is 8.81. The van der Waals surface area contributed by atoms with Crippen LogP contribution in [0.3, 0.4) is 0 Å². The summed E-state index contributed by atoms with van der Waals surface area (Å²) in [7, 11) is -3.56. The molecule has 11 heteroatoms. The number of hydrogen-bond acceptors (Lipinski definition) is 8. The third-order valence-electron chi connectivity index (χ3n) is 10.1. The van der Waals surface area contributed by atoms with Crippen LogP contribution in [0.2, 0.25) is 0 Å². The second-order valence-electron chi connectivity index (χ2n) is 13.0. The van der Waals surface area contributed by atoms with E-state index in [0.717, 1.165) is 56.6 Å². The van der Waals surface area contributed by atoms with Gasteiger partial charge in [-0.3, -0.25) is 24.1 Å². The molecule has 1 N–H and O–H groups in total. The van der Waals surface area contributed by atoms with Crippen LogP contribution in [-0.2, 0) is 14.6 Å². The predicted molar refractivity (Wildman–Crippen MR) is 197 cm³/mol. The maximum Gasteiger partial charge on any atom is 0.265 e. The van der Waals surface area contributed by atoms with Crippen LogP contribution in [0.15, 0.2) is 77.7 Å². The number of hydrogen-bond donors (Lipinski definition) is 1. The number of nitrogens with zero attached hydrogens (tertiary/aromatic N) is 2. The topological polar surface area (TPSA) is 130 Å². The number of carbonyl (C=O) groups excluding carboxylic acids is 4. The fraction of sp³-hybridized carbons (Fsp3) is 0.250. The van der Waals surface area contributed by atoms with Gasteiger partial charge in [0.15, 0.2) is 9.84 Å². The van der Waals surface area contributed by atoms with Crippen molar-refractivity contribution in [3.63, 3.8) is 0 Å². The lowest BCUT2D eigenvalue weighted by Gasteiger charge is -2.30. The van der Waals surface area contributed by atoms with E-state index in [1.807, 2.05) is 31.2 Å². The van der Waals surface area contributed by atoms with Gasteiger partial charge in [-0.15, -0.1) is 0 Å². The number of imide groups is 2. The molecule has 0 fully saturated rings. The molecule has 0 spiro atoms. The molecule has 0 aliphatic carbocycles. The minimum absolute atomic E-state index is 0.0588. The molecule has 2 aliphatic rings. The minimum atomic E-state index is -3.56. The minimum Gasteiger partial charge on any atom is -0.380 e. The molecule has 0 atom stereocenters. The van der Waals surface area contributed by atoms with E-state index in [2.05, 4.69) is 12.2 Å². The molecule has 10 nitrogen and oxygen atoms in total. The number of ether oxygens (including phenoxy) is 1. The first-order valence-electron chi connectivity index (χ1n) is 17.2. The van der Waals surface area contributed by atoms with E-state index in [0.29, 0.717) is 46.2 Å². The van der Waals surface area contributed by atoms with Crippen molar-refractivity contribution in [3.8, 4) is 0 Å². The molecule has 0 bridgehead atoms. The van der Waals surface area contributed by atoms with E-state index in [1.165, 1.54) is 29.2 Å². The number of carbonyl (C=O) groups is 4. The second kappa shape index (κ2) is 12.5. The number of sulfone groups is 1. The number of anilines is 1. The molecular weight excluding hydrogens is 667 g/mol. The van der Waals surface area contributed by atoms with Crippen LogP contribution in [0, 0.1) is 0 Å². The van der Waals surface area contributed by atoms with Gasteiger partial charge in [-0.2, -0.15) is 0 Å². The third kappa shape index (κ3) is 5.02. The lowest BCUT2D eigenvalue weighted by molar-refractivity contribution is 0.0532. The van der Waals surface area contributed by atoms with Crippen LogP contribution in [-0.4, -0.2) is 75.5 Å². The summed E-state index contributed by atoms with van der Waals surface area (Å²) in [6, 6.07) is 20.3. The molecular formula is C40H35N3O7S. The van der Waals surface area contributed by atoms with Crippen LogP contribution in [0.25, 0.3) is 43.1 Å². The van der Waals surface area contributed by atoms with E-state index in [4.69, 9.17) is 4.74 Å². The molecule has 258 valence electrons. The van der Waals surface area contributed by atoms with Crippen LogP contribution in [0.1, 0.15) is 68.1 Å². The van der Waals surface area contributed by atoms with Gasteiger partial charge in [0, 0.05) is 46.2 Å². The van der Waals surface area contributed by atoms with E-state index in [-0.39, 0.29) is 41.3 Å². The molecule has 6 aromatic rings. The molecule has 0 saturated heterocycles. The molecule has 6 aromatic carbocycles. The van der Waals surface area contributed by atoms with E-state index in [1.54, 1.807) is 24.3 Å². The van der Waals surface area contributed by atoms with Gasteiger partial charge in [0.2, 0.25) is 0 Å². The Morgan fingerprint density at radius 1 is 0.608 bits per heavy atom. The average Bonchev–Trinajstić information content (AvgIpc) is 3.13. The van der Waals surface area contributed by atoms with Gasteiger partial charge < -0.3 is 10.1 Å². The molecule has 0 saturated carbocycles. The fourth-order valence-electron chi connectivity index (χ4n) is 7.61. The summed E-state index contributed by atoms with van der Waals surface area (Å²) in [6.07, 6.45) is 1.99. The molecule has 8 rings (SSSR count). The zero-order chi connectivity index (χ0) is 35.6. The van der Waals surface area contributed by atoms with Crippen molar-refractivity contribution in [1.29, 1.82) is 0 Å². The highest BCUT2D eigenvalue weighted by Crippen LogP contribution is 2.46. The normalized spacial score (nSPS) is 14.7. The Bertz CT molecular complexity index is 2440. The second-order valence-corrected chi connectivity index (χ2v) is 15.1. The largest absolute Gasteiger partial charge is 0.380 e. The SMILES string of the molecule is CCCCNCCS(=O)(=O)c1ccc(N2C(=O)c3ccc4c5ccc6c7c(ccc(c8ccc(c3c48)C2=O)c75)C(=O)N(CCOCC)C6=O)cc1. The van der Waals surface area contributed by atoms with Crippen LogP contribution in [0.5, 0.6) is 0 Å². The highest BCUT2D eigenvalue weighted by molar-refractivity contribution is 7.91. The van der Waals surface area contributed by atoms with Crippen molar-refractivity contribution < 1.29 is 32.3 Å². The van der Waals surface area contributed by atoms with E-state index in [9.17, 15) is 27.6 Å². The van der Waals surface area contributed by atoms with Gasteiger partial charge in [-0.05, 0) is 101 Å². The summed E-state index contributed by atoms with van der Waals surface area (Å²) >= 11 is 0. The average molecular weight is 702 g/mol. The maximum absolute atomic E-state index is 14.1. The lowest BCUT2D eigenvalue weighted by Crippen LogP contribution is -2.42. The summed E-state index contributed by atoms with van der Waals surface area (Å²) in [5.74, 6) is -1.81. The van der Waals surface area contributed by atoms with Gasteiger partial charge >= 0.3 is 0 Å².